The number of nitrogens with one attached hydrogen (secondary N) is 1. The first-order valence-corrected chi connectivity index (χ1v) is 6.52. The van der Waals surface area contributed by atoms with Crippen LogP contribution in [0.15, 0.2) is 31.6 Å². The molecule has 2 rings (SSSR count). The molecule has 90 valence electrons. The molecule has 1 aromatic heterocycles. The molecule has 1 heterocycles. The van der Waals surface area contributed by atoms with Crippen molar-refractivity contribution in [2.24, 2.45) is 5.73 Å². The lowest BCUT2D eigenvalue weighted by Gasteiger charge is -2.04. The second kappa shape index (κ2) is 5.61. The summed E-state index contributed by atoms with van der Waals surface area (Å²) in [6, 6.07) is 6.11. The third-order valence-corrected chi connectivity index (χ3v) is 3.15. The normalized spacial score (nSPS) is 10.5. The van der Waals surface area contributed by atoms with E-state index in [1.54, 1.807) is 0 Å². The van der Waals surface area contributed by atoms with Crippen molar-refractivity contribution in [3.8, 4) is 0 Å². The lowest BCUT2D eigenvalue weighted by atomic mass is 10.3. The summed E-state index contributed by atoms with van der Waals surface area (Å²) >= 11 is 6.82. The molecule has 1 aromatic carbocycles. The fraction of sp³-hybridized carbons (Fsp3) is 0.200. The number of nitrogens with two attached hydrogens (primary N) is 1. The average molecular weight is 362 g/mol. The third-order valence-electron chi connectivity index (χ3n) is 2.00. The molecule has 2 aromatic rings. The number of hydrogen-bond donors (Lipinski definition) is 2. The fourth-order valence-corrected chi connectivity index (χ4v) is 2.38. The Labute approximate surface area is 115 Å². The van der Waals surface area contributed by atoms with Crippen LogP contribution >= 0.6 is 31.9 Å². The molecule has 3 N–H and O–H groups in total. The number of rotatable bonds is 4. The highest BCUT2D eigenvalue weighted by molar-refractivity contribution is 9.11. The molecule has 0 spiro atoms. The molecule has 0 amide bonds. The van der Waals surface area contributed by atoms with Gasteiger partial charge < -0.3 is 15.5 Å². The molecule has 17 heavy (non-hydrogen) atoms. The summed E-state index contributed by atoms with van der Waals surface area (Å²) in [5.74, 6) is 0.531. The van der Waals surface area contributed by atoms with Crippen LogP contribution in [0, 0.1) is 0 Å². The van der Waals surface area contributed by atoms with E-state index in [9.17, 15) is 0 Å². The summed E-state index contributed by atoms with van der Waals surface area (Å²) in [6.45, 7) is 0.490. The molecular weight excluding hydrogens is 352 g/mol. The Balaban J connectivity index is 2.13. The summed E-state index contributed by atoms with van der Waals surface area (Å²) in [6.07, 6.45) is 0.580. The predicted octanol–water partition coefficient (Wildman–Crippen LogP) is 2.84. The summed E-state index contributed by atoms with van der Waals surface area (Å²) < 4.78 is 7.27. The maximum Gasteiger partial charge on any atom is 0.320 e. The van der Waals surface area contributed by atoms with Gasteiger partial charge in [0.2, 0.25) is 5.89 Å². The van der Waals surface area contributed by atoms with Gasteiger partial charge in [0.1, 0.15) is 0 Å². The first-order valence-electron chi connectivity index (χ1n) is 4.93. The van der Waals surface area contributed by atoms with E-state index in [0.29, 0.717) is 24.9 Å². The molecule has 7 heteroatoms. The van der Waals surface area contributed by atoms with Crippen LogP contribution in [0.5, 0.6) is 0 Å². The van der Waals surface area contributed by atoms with Crippen LogP contribution in [0.2, 0.25) is 0 Å². The summed E-state index contributed by atoms with van der Waals surface area (Å²) in [5.41, 5.74) is 6.26. The van der Waals surface area contributed by atoms with Gasteiger partial charge in [-0.25, -0.2) is 0 Å². The van der Waals surface area contributed by atoms with E-state index in [1.807, 2.05) is 18.2 Å². The minimum Gasteiger partial charge on any atom is -0.408 e. The van der Waals surface area contributed by atoms with Gasteiger partial charge in [-0.3, -0.25) is 0 Å². The van der Waals surface area contributed by atoms with E-state index in [4.69, 9.17) is 10.2 Å². The number of nitrogens with zero attached hydrogens (tertiary/aromatic N) is 2. The zero-order valence-electron chi connectivity index (χ0n) is 8.78. The van der Waals surface area contributed by atoms with E-state index < -0.39 is 0 Å². The van der Waals surface area contributed by atoms with E-state index >= 15 is 0 Å². The van der Waals surface area contributed by atoms with Crippen molar-refractivity contribution >= 4 is 43.6 Å². The zero-order valence-corrected chi connectivity index (χ0v) is 12.0. The Morgan fingerprint density at radius 3 is 2.82 bits per heavy atom. The highest BCUT2D eigenvalue weighted by Gasteiger charge is 2.07. The van der Waals surface area contributed by atoms with Gasteiger partial charge in [-0.15, -0.1) is 5.10 Å². The van der Waals surface area contributed by atoms with Gasteiger partial charge in [0.15, 0.2) is 0 Å². The predicted molar refractivity (Wildman–Crippen MR) is 72.2 cm³/mol. The van der Waals surface area contributed by atoms with Crippen LogP contribution < -0.4 is 11.1 Å². The van der Waals surface area contributed by atoms with Crippen molar-refractivity contribution in [2.75, 3.05) is 11.9 Å². The van der Waals surface area contributed by atoms with Crippen molar-refractivity contribution in [1.29, 1.82) is 0 Å². The highest BCUT2D eigenvalue weighted by Crippen LogP contribution is 2.28. The second-order valence-electron chi connectivity index (χ2n) is 3.29. The number of halogens is 2. The average Bonchev–Trinajstić information content (AvgIpc) is 2.71. The first kappa shape index (κ1) is 12.5. The van der Waals surface area contributed by atoms with Crippen LogP contribution in [0.1, 0.15) is 5.89 Å². The Kier molecular flexibility index (Phi) is 4.14. The van der Waals surface area contributed by atoms with Crippen molar-refractivity contribution in [3.05, 3.63) is 33.0 Å². The minimum atomic E-state index is 0.358. The molecular formula is C10H10Br2N4O. The van der Waals surface area contributed by atoms with Crippen molar-refractivity contribution in [3.63, 3.8) is 0 Å². The molecule has 0 aliphatic heterocycles. The SMILES string of the molecule is NCCc1nnc(Nc2ccc(Br)cc2Br)o1. The molecule has 0 unspecified atom stereocenters. The molecule has 0 saturated carbocycles. The van der Waals surface area contributed by atoms with Crippen LogP contribution in [-0.4, -0.2) is 16.7 Å². The highest BCUT2D eigenvalue weighted by atomic mass is 79.9. The molecule has 0 fully saturated rings. The van der Waals surface area contributed by atoms with Gasteiger partial charge in [-0.2, -0.15) is 0 Å². The number of hydrogen-bond acceptors (Lipinski definition) is 5. The van der Waals surface area contributed by atoms with Gasteiger partial charge >= 0.3 is 6.01 Å². The number of benzene rings is 1. The first-order chi connectivity index (χ1) is 8.19. The smallest absolute Gasteiger partial charge is 0.320 e. The van der Waals surface area contributed by atoms with Crippen LogP contribution in [0.25, 0.3) is 0 Å². The van der Waals surface area contributed by atoms with Gasteiger partial charge in [-0.05, 0) is 34.1 Å². The molecule has 5 nitrogen and oxygen atoms in total. The van der Waals surface area contributed by atoms with Crippen LogP contribution in [0.4, 0.5) is 11.7 Å². The topological polar surface area (TPSA) is 77.0 Å². The van der Waals surface area contributed by atoms with Crippen molar-refractivity contribution < 1.29 is 4.42 Å². The van der Waals surface area contributed by atoms with Crippen LogP contribution in [-0.2, 0) is 6.42 Å². The minimum absolute atomic E-state index is 0.358. The lowest BCUT2D eigenvalue weighted by Crippen LogP contribution is -2.02. The summed E-state index contributed by atoms with van der Waals surface area (Å²) in [7, 11) is 0. The molecule has 0 saturated heterocycles. The van der Waals surface area contributed by atoms with E-state index in [0.717, 1.165) is 14.6 Å². The van der Waals surface area contributed by atoms with Crippen LogP contribution in [0.3, 0.4) is 0 Å². The van der Waals surface area contributed by atoms with Crippen molar-refractivity contribution in [2.45, 2.75) is 6.42 Å². The molecule has 0 bridgehead atoms. The second-order valence-corrected chi connectivity index (χ2v) is 5.06. The zero-order chi connectivity index (χ0) is 12.3. The fourth-order valence-electron chi connectivity index (χ4n) is 1.23. The Hall–Kier alpha value is -0.920. The molecule has 0 aliphatic rings. The maximum absolute atomic E-state index is 5.40. The van der Waals surface area contributed by atoms with E-state index in [-0.39, 0.29) is 0 Å². The lowest BCUT2D eigenvalue weighted by molar-refractivity contribution is 0.510. The van der Waals surface area contributed by atoms with Gasteiger partial charge in [0.05, 0.1) is 5.69 Å². The number of aromatic nitrogens is 2. The van der Waals surface area contributed by atoms with E-state index in [2.05, 4.69) is 47.4 Å². The Morgan fingerprint density at radius 1 is 1.29 bits per heavy atom. The Bertz CT molecular complexity index is 515. The molecule has 0 radical (unpaired) electrons. The van der Waals surface area contributed by atoms with Gasteiger partial charge in [-0.1, -0.05) is 21.0 Å². The largest absolute Gasteiger partial charge is 0.408 e. The monoisotopic (exact) mass is 360 g/mol. The third kappa shape index (κ3) is 3.27. The standard InChI is InChI=1S/C10H10Br2N4O/c11-6-1-2-8(7(12)5-6)14-10-16-15-9(17-10)3-4-13/h1-2,5H,3-4,13H2,(H,14,16). The van der Waals surface area contributed by atoms with Crippen molar-refractivity contribution in [1.82, 2.24) is 10.2 Å². The van der Waals surface area contributed by atoms with Gasteiger partial charge in [0, 0.05) is 21.9 Å². The molecule has 0 atom stereocenters. The quantitative estimate of drug-likeness (QED) is 0.875. The Morgan fingerprint density at radius 2 is 2.12 bits per heavy atom. The summed E-state index contributed by atoms with van der Waals surface area (Å²) in [4.78, 5) is 0. The van der Waals surface area contributed by atoms with E-state index in [1.165, 1.54) is 0 Å². The summed E-state index contributed by atoms with van der Waals surface area (Å²) in [5, 5.41) is 10.8. The molecule has 0 aliphatic carbocycles. The maximum atomic E-state index is 5.40. The van der Waals surface area contributed by atoms with Gasteiger partial charge in [0.25, 0.3) is 0 Å². The number of anilines is 2.